The summed E-state index contributed by atoms with van der Waals surface area (Å²) in [5.74, 6) is -0.898. The summed E-state index contributed by atoms with van der Waals surface area (Å²) < 4.78 is 32.6. The smallest absolute Gasteiger partial charge is 0.387 e. The summed E-state index contributed by atoms with van der Waals surface area (Å²) in [6, 6.07) is 0. The number of aliphatic hydroxyl groups excluding tert-OH is 2. The largest absolute Gasteiger partial charge is 0.469 e. The first kappa shape index (κ1) is 17.7. The van der Waals surface area contributed by atoms with Gasteiger partial charge in [-0.2, -0.15) is 0 Å². The normalized spacial score (nSPS) is 28.0. The minimum Gasteiger partial charge on any atom is -0.387 e. The van der Waals surface area contributed by atoms with Gasteiger partial charge in [0.25, 0.3) is 5.75 Å². The van der Waals surface area contributed by atoms with Crippen molar-refractivity contribution in [3.63, 3.8) is 0 Å². The Labute approximate surface area is 125 Å². The average molecular weight is 358 g/mol. The third kappa shape index (κ3) is 3.84. The van der Waals surface area contributed by atoms with Crippen molar-refractivity contribution in [2.24, 2.45) is 0 Å². The summed E-state index contributed by atoms with van der Waals surface area (Å²) in [7, 11) is -4.84. The SMILES string of the molecule is O=c1[nH]c(=O)n([C@@H]2O[C@H](COP(=O)(O)O)[C@@H](O)[C@H]2O)cc1OF. The van der Waals surface area contributed by atoms with E-state index in [0.717, 1.165) is 0 Å². The number of aromatic amines is 1. The molecule has 1 fully saturated rings. The quantitative estimate of drug-likeness (QED) is 0.354. The van der Waals surface area contributed by atoms with E-state index in [1.165, 1.54) is 0 Å². The molecule has 5 N–H and O–H groups in total. The van der Waals surface area contributed by atoms with Gasteiger partial charge < -0.3 is 24.7 Å². The van der Waals surface area contributed by atoms with Gasteiger partial charge in [-0.05, 0) is 0 Å². The van der Waals surface area contributed by atoms with Gasteiger partial charge in [-0.3, -0.25) is 23.8 Å². The first-order valence-corrected chi connectivity index (χ1v) is 7.53. The van der Waals surface area contributed by atoms with Crippen LogP contribution in [0.4, 0.5) is 4.53 Å². The molecular weight excluding hydrogens is 346 g/mol. The van der Waals surface area contributed by atoms with E-state index >= 15 is 0 Å². The highest BCUT2D eigenvalue weighted by Gasteiger charge is 2.45. The number of hydrogen-bond donors (Lipinski definition) is 5. The lowest BCUT2D eigenvalue weighted by molar-refractivity contribution is -0.0565. The summed E-state index contributed by atoms with van der Waals surface area (Å²) in [6.07, 6.45) is -5.75. The molecule has 0 aliphatic carbocycles. The van der Waals surface area contributed by atoms with E-state index in [2.05, 4.69) is 9.47 Å². The molecule has 1 aromatic rings. The number of phosphoric ester groups is 1. The zero-order chi connectivity index (χ0) is 17.4. The van der Waals surface area contributed by atoms with Crippen LogP contribution in [0.2, 0.25) is 0 Å². The molecule has 2 heterocycles. The molecule has 14 heteroatoms. The van der Waals surface area contributed by atoms with Gasteiger partial charge in [0.15, 0.2) is 6.23 Å². The van der Waals surface area contributed by atoms with Gasteiger partial charge in [0.2, 0.25) is 0 Å². The molecule has 0 bridgehead atoms. The van der Waals surface area contributed by atoms with Gasteiger partial charge >= 0.3 is 19.1 Å². The lowest BCUT2D eigenvalue weighted by atomic mass is 10.1. The van der Waals surface area contributed by atoms with Gasteiger partial charge in [0, 0.05) is 4.53 Å². The molecule has 130 valence electrons. The lowest BCUT2D eigenvalue weighted by Gasteiger charge is -2.17. The Kier molecular flexibility index (Phi) is 5.01. The van der Waals surface area contributed by atoms with Gasteiger partial charge in [-0.15, -0.1) is 0 Å². The minimum atomic E-state index is -4.84. The molecule has 0 radical (unpaired) electrons. The Morgan fingerprint density at radius 1 is 1.35 bits per heavy atom. The second kappa shape index (κ2) is 6.49. The number of aromatic nitrogens is 2. The molecule has 12 nitrogen and oxygen atoms in total. The Morgan fingerprint density at radius 2 is 2.00 bits per heavy atom. The summed E-state index contributed by atoms with van der Waals surface area (Å²) in [6.45, 7) is -0.788. The van der Waals surface area contributed by atoms with Gasteiger partial charge in [0.1, 0.15) is 18.3 Å². The molecule has 23 heavy (non-hydrogen) atoms. The Balaban J connectivity index is 2.26. The number of rotatable bonds is 5. The van der Waals surface area contributed by atoms with Crippen LogP contribution >= 0.6 is 7.82 Å². The first-order chi connectivity index (χ1) is 10.6. The third-order valence-electron chi connectivity index (χ3n) is 3.04. The van der Waals surface area contributed by atoms with Crippen molar-refractivity contribution < 1.29 is 43.3 Å². The number of nitrogens with zero attached hydrogens (tertiary/aromatic N) is 1. The van der Waals surface area contributed by atoms with E-state index in [4.69, 9.17) is 14.5 Å². The van der Waals surface area contributed by atoms with E-state index in [1.54, 1.807) is 4.98 Å². The molecule has 1 aliphatic heterocycles. The topological polar surface area (TPSA) is 181 Å². The highest BCUT2D eigenvalue weighted by atomic mass is 31.2. The molecule has 0 saturated carbocycles. The van der Waals surface area contributed by atoms with Crippen LogP contribution in [-0.2, 0) is 13.8 Å². The van der Waals surface area contributed by atoms with Crippen LogP contribution < -0.4 is 16.2 Å². The Bertz CT molecular complexity index is 728. The van der Waals surface area contributed by atoms with Crippen molar-refractivity contribution >= 4 is 7.82 Å². The summed E-state index contributed by atoms with van der Waals surface area (Å²) >= 11 is 0. The predicted molar refractivity (Wildman–Crippen MR) is 67.0 cm³/mol. The maximum Gasteiger partial charge on any atom is 0.469 e. The highest BCUT2D eigenvalue weighted by Crippen LogP contribution is 2.38. The Morgan fingerprint density at radius 3 is 2.57 bits per heavy atom. The number of halogens is 1. The zero-order valence-corrected chi connectivity index (χ0v) is 12.0. The zero-order valence-electron chi connectivity index (χ0n) is 11.1. The summed E-state index contributed by atoms with van der Waals surface area (Å²) in [5.41, 5.74) is -2.26. The van der Waals surface area contributed by atoms with Crippen molar-refractivity contribution in [1.29, 1.82) is 0 Å². The molecule has 4 atom stereocenters. The second-order valence-corrected chi connectivity index (χ2v) is 5.81. The monoisotopic (exact) mass is 358 g/mol. The number of phosphoric acid groups is 1. The fourth-order valence-electron chi connectivity index (χ4n) is 1.98. The van der Waals surface area contributed by atoms with E-state index in [9.17, 15) is 28.9 Å². The molecule has 1 aliphatic rings. The fraction of sp³-hybridized carbons (Fsp3) is 0.556. The van der Waals surface area contributed by atoms with E-state index < -0.39 is 56.0 Å². The minimum absolute atomic E-state index is 0.543. The summed E-state index contributed by atoms with van der Waals surface area (Å²) in [4.78, 5) is 45.0. The molecular formula is C9H12FN2O10P. The van der Waals surface area contributed by atoms with Gasteiger partial charge in [-0.25, -0.2) is 9.36 Å². The number of hydrogen-bond acceptors (Lipinski definition) is 8. The maximum absolute atomic E-state index is 12.2. The standard InChI is InChI=1S/C9H12FN2O10P/c10-22-3-1-12(9(16)11-7(3)15)8-6(14)5(13)4(21-8)2-20-23(17,18)19/h1,4-6,8,13-14H,2H2,(H,11,15,16)(H2,17,18,19)/t4-,5-,6-,8-/m1/s1. The van der Waals surface area contributed by atoms with E-state index in [0.29, 0.717) is 10.8 Å². The molecule has 0 unspecified atom stereocenters. The van der Waals surface area contributed by atoms with Crippen LogP contribution in [0.5, 0.6) is 5.75 Å². The fourth-order valence-corrected chi connectivity index (χ4v) is 2.32. The van der Waals surface area contributed by atoms with Crippen LogP contribution in [0.25, 0.3) is 0 Å². The molecule has 0 spiro atoms. The van der Waals surface area contributed by atoms with Crippen molar-refractivity contribution in [3.05, 3.63) is 27.0 Å². The van der Waals surface area contributed by atoms with Crippen LogP contribution in [0.15, 0.2) is 15.8 Å². The van der Waals surface area contributed by atoms with Crippen LogP contribution in [-0.4, -0.2) is 54.5 Å². The first-order valence-electron chi connectivity index (χ1n) is 6.00. The predicted octanol–water partition coefficient (Wildman–Crippen LogP) is -2.47. The Hall–Kier alpha value is -1.60. The molecule has 1 saturated heterocycles. The number of ether oxygens (including phenoxy) is 1. The van der Waals surface area contributed by atoms with Crippen molar-refractivity contribution in [1.82, 2.24) is 9.55 Å². The molecule has 0 aromatic carbocycles. The molecule has 0 amide bonds. The van der Waals surface area contributed by atoms with Crippen molar-refractivity contribution in [2.45, 2.75) is 24.5 Å². The van der Waals surface area contributed by atoms with Gasteiger partial charge in [-0.1, -0.05) is 0 Å². The van der Waals surface area contributed by atoms with Crippen molar-refractivity contribution in [2.75, 3.05) is 6.61 Å². The maximum atomic E-state index is 12.2. The number of nitrogens with one attached hydrogen (secondary N) is 1. The summed E-state index contributed by atoms with van der Waals surface area (Å²) in [5, 5.41) is 19.6. The number of aliphatic hydroxyl groups is 2. The van der Waals surface area contributed by atoms with Crippen molar-refractivity contribution in [3.8, 4) is 5.75 Å². The average Bonchev–Trinajstić information content (AvgIpc) is 2.73. The third-order valence-corrected chi connectivity index (χ3v) is 3.52. The molecule has 1 aromatic heterocycles. The molecule has 2 rings (SSSR count). The van der Waals surface area contributed by atoms with Crippen LogP contribution in [0.3, 0.4) is 0 Å². The van der Waals surface area contributed by atoms with Crippen LogP contribution in [0.1, 0.15) is 6.23 Å². The highest BCUT2D eigenvalue weighted by molar-refractivity contribution is 7.46. The van der Waals surface area contributed by atoms with E-state index in [1.807, 2.05) is 0 Å². The lowest BCUT2D eigenvalue weighted by Crippen LogP contribution is -2.38. The second-order valence-electron chi connectivity index (χ2n) is 4.57. The van der Waals surface area contributed by atoms with Gasteiger partial charge in [0.05, 0.1) is 12.8 Å². The van der Waals surface area contributed by atoms with Crippen LogP contribution in [0, 0.1) is 0 Å². The number of H-pyrrole nitrogens is 1. The van der Waals surface area contributed by atoms with E-state index in [-0.39, 0.29) is 0 Å².